The maximum absolute atomic E-state index is 5.69. The molecule has 2 aromatic heterocycles. The van der Waals surface area contributed by atoms with E-state index in [1.54, 1.807) is 24.3 Å². The molecule has 1 unspecified atom stereocenters. The molecule has 1 atom stereocenters. The zero-order valence-electron chi connectivity index (χ0n) is 8.30. The van der Waals surface area contributed by atoms with Gasteiger partial charge in [-0.1, -0.05) is 18.7 Å². The van der Waals surface area contributed by atoms with Gasteiger partial charge >= 0.3 is 0 Å². The lowest BCUT2D eigenvalue weighted by Gasteiger charge is -2.08. The maximum atomic E-state index is 5.69. The third kappa shape index (κ3) is 2.41. The number of hydrogen-bond donors (Lipinski definition) is 0. The molecule has 0 aliphatic heterocycles. The molecule has 0 aliphatic rings. The van der Waals surface area contributed by atoms with Crippen molar-refractivity contribution in [2.24, 2.45) is 0 Å². The summed E-state index contributed by atoms with van der Waals surface area (Å²) in [6.07, 6.45) is 6.23. The highest BCUT2D eigenvalue weighted by Crippen LogP contribution is 2.25. The predicted molar refractivity (Wildman–Crippen MR) is 61.4 cm³/mol. The van der Waals surface area contributed by atoms with Gasteiger partial charge in [-0.25, -0.2) is 4.98 Å². The third-order valence-electron chi connectivity index (χ3n) is 2.01. The molecule has 0 aliphatic carbocycles. The zero-order chi connectivity index (χ0) is 10.7. The Balaban J connectivity index is 2.23. The predicted octanol–water partition coefficient (Wildman–Crippen LogP) is 2.23. The first-order valence-corrected chi connectivity index (χ1v) is 6.09. The van der Waals surface area contributed by atoms with Gasteiger partial charge in [0, 0.05) is 23.5 Å². The average molecular weight is 243 g/mol. The average Bonchev–Trinajstić information content (AvgIpc) is 2.67. The normalized spacial score (nSPS) is 13.2. The highest BCUT2D eigenvalue weighted by molar-refractivity contribution is 8.00. The summed E-state index contributed by atoms with van der Waals surface area (Å²) >= 11 is 7.38. The van der Waals surface area contributed by atoms with Crippen LogP contribution in [0.4, 0.5) is 0 Å². The van der Waals surface area contributed by atoms with Crippen molar-refractivity contribution < 1.29 is 0 Å². The van der Waals surface area contributed by atoms with Crippen molar-refractivity contribution in [3.8, 4) is 0 Å². The second-order valence-electron chi connectivity index (χ2n) is 3.20. The zero-order valence-corrected chi connectivity index (χ0v) is 9.87. The van der Waals surface area contributed by atoms with Gasteiger partial charge in [0.25, 0.3) is 0 Å². The van der Waals surface area contributed by atoms with Crippen LogP contribution in [0.2, 0.25) is 0 Å². The minimum absolute atomic E-state index is 0.442. The second-order valence-corrected chi connectivity index (χ2v) is 5.01. The second kappa shape index (κ2) is 4.81. The summed E-state index contributed by atoms with van der Waals surface area (Å²) in [4.78, 5) is 4.30. The molecule has 2 aromatic rings. The summed E-state index contributed by atoms with van der Waals surface area (Å²) in [5, 5.41) is 9.23. The summed E-state index contributed by atoms with van der Waals surface area (Å²) in [6.45, 7) is 2.13. The van der Waals surface area contributed by atoms with E-state index in [1.807, 2.05) is 10.6 Å². The van der Waals surface area contributed by atoms with Crippen molar-refractivity contribution in [1.29, 1.82) is 0 Å². The minimum Gasteiger partial charge on any atom is -0.285 e. The molecular weight excluding hydrogens is 232 g/mol. The quantitative estimate of drug-likeness (QED) is 0.609. The van der Waals surface area contributed by atoms with E-state index in [9.17, 15) is 0 Å². The van der Waals surface area contributed by atoms with Crippen LogP contribution in [0.1, 0.15) is 13.3 Å². The topological polar surface area (TPSA) is 43.1 Å². The molecule has 0 N–H and O–H groups in total. The number of aromatic nitrogens is 4. The maximum Gasteiger partial charge on any atom is 0.193 e. The Labute approximate surface area is 97.1 Å². The molecule has 0 saturated carbocycles. The molecule has 0 radical (unpaired) electrons. The van der Waals surface area contributed by atoms with Crippen molar-refractivity contribution >= 4 is 29.0 Å². The number of nitrogens with zero attached hydrogens (tertiary/aromatic N) is 4. The highest BCUT2D eigenvalue weighted by Gasteiger charge is 2.09. The van der Waals surface area contributed by atoms with Crippen molar-refractivity contribution in [3.05, 3.63) is 18.7 Å². The number of rotatable bonds is 4. The smallest absolute Gasteiger partial charge is 0.193 e. The molecular formula is C9H11ClN4S. The van der Waals surface area contributed by atoms with Crippen LogP contribution in [-0.2, 0) is 0 Å². The first-order chi connectivity index (χ1) is 7.31. The Morgan fingerprint density at radius 1 is 1.60 bits per heavy atom. The molecule has 0 amide bonds. The van der Waals surface area contributed by atoms with Gasteiger partial charge in [-0.05, 0) is 6.42 Å². The number of fused-ring (bicyclic) bond motifs is 1. The highest BCUT2D eigenvalue weighted by atomic mass is 35.5. The van der Waals surface area contributed by atoms with Crippen LogP contribution in [-0.4, -0.2) is 30.7 Å². The van der Waals surface area contributed by atoms with Gasteiger partial charge in [-0.3, -0.25) is 4.40 Å². The van der Waals surface area contributed by atoms with E-state index in [4.69, 9.17) is 11.6 Å². The lowest BCUT2D eigenvalue weighted by Crippen LogP contribution is -1.99. The van der Waals surface area contributed by atoms with Crippen molar-refractivity contribution in [3.63, 3.8) is 0 Å². The van der Waals surface area contributed by atoms with Crippen LogP contribution in [0.25, 0.3) is 5.65 Å². The van der Waals surface area contributed by atoms with E-state index in [0.717, 1.165) is 17.1 Å². The Kier molecular flexibility index (Phi) is 3.43. The van der Waals surface area contributed by atoms with Gasteiger partial charge < -0.3 is 0 Å². The monoisotopic (exact) mass is 242 g/mol. The Morgan fingerprint density at radius 3 is 3.27 bits per heavy atom. The lowest BCUT2D eigenvalue weighted by molar-refractivity contribution is 0.905. The molecule has 15 heavy (non-hydrogen) atoms. The number of thioether (sulfide) groups is 1. The van der Waals surface area contributed by atoms with Crippen LogP contribution >= 0.6 is 23.4 Å². The first kappa shape index (κ1) is 10.7. The summed E-state index contributed by atoms with van der Waals surface area (Å²) in [5.74, 6) is 0.671. The van der Waals surface area contributed by atoms with Gasteiger partial charge in [-0.15, -0.1) is 21.8 Å². The minimum atomic E-state index is 0.442. The van der Waals surface area contributed by atoms with Crippen LogP contribution < -0.4 is 0 Å². The number of halogens is 1. The summed E-state index contributed by atoms with van der Waals surface area (Å²) in [7, 11) is 0. The fraction of sp³-hybridized carbons (Fsp3) is 0.444. The number of alkyl halides is 1. The third-order valence-corrected chi connectivity index (χ3v) is 3.38. The van der Waals surface area contributed by atoms with E-state index >= 15 is 0 Å². The van der Waals surface area contributed by atoms with Crippen LogP contribution in [0.3, 0.4) is 0 Å². The van der Waals surface area contributed by atoms with E-state index in [2.05, 4.69) is 22.1 Å². The van der Waals surface area contributed by atoms with E-state index in [0.29, 0.717) is 11.1 Å². The van der Waals surface area contributed by atoms with Gasteiger partial charge in [-0.2, -0.15) is 0 Å². The van der Waals surface area contributed by atoms with Gasteiger partial charge in [0.1, 0.15) is 11.4 Å². The van der Waals surface area contributed by atoms with E-state index in [-0.39, 0.29) is 0 Å². The van der Waals surface area contributed by atoms with Crippen molar-refractivity contribution in [1.82, 2.24) is 19.6 Å². The number of hydrogen-bond acceptors (Lipinski definition) is 4. The van der Waals surface area contributed by atoms with Crippen LogP contribution in [0.15, 0.2) is 23.7 Å². The van der Waals surface area contributed by atoms with E-state index < -0.39 is 0 Å². The molecule has 0 fully saturated rings. The summed E-state index contributed by atoms with van der Waals surface area (Å²) in [5.41, 5.74) is 0.809. The van der Waals surface area contributed by atoms with Crippen LogP contribution in [0.5, 0.6) is 0 Å². The summed E-state index contributed by atoms with van der Waals surface area (Å²) < 4.78 is 1.86. The SMILES string of the molecule is CC(CCCl)Sc1nccn2cnnc12. The fourth-order valence-electron chi connectivity index (χ4n) is 1.22. The molecule has 4 nitrogen and oxygen atoms in total. The molecule has 6 heteroatoms. The molecule has 0 aromatic carbocycles. The lowest BCUT2D eigenvalue weighted by atomic mass is 10.4. The van der Waals surface area contributed by atoms with Gasteiger partial charge in [0.05, 0.1) is 0 Å². The largest absolute Gasteiger partial charge is 0.285 e. The van der Waals surface area contributed by atoms with Crippen LogP contribution in [0, 0.1) is 0 Å². The Morgan fingerprint density at radius 2 is 2.47 bits per heavy atom. The molecule has 0 spiro atoms. The van der Waals surface area contributed by atoms with E-state index in [1.165, 1.54) is 0 Å². The molecule has 0 bridgehead atoms. The van der Waals surface area contributed by atoms with Crippen molar-refractivity contribution in [2.75, 3.05) is 5.88 Å². The van der Waals surface area contributed by atoms with Gasteiger partial charge in [0.15, 0.2) is 5.65 Å². The Hall–Kier alpha value is -0.810. The molecule has 2 heterocycles. The molecule has 80 valence electrons. The standard InChI is InChI=1S/C9H11ClN4S/c1-7(2-3-10)15-9-8-13-12-6-14(8)5-4-11-9/h4-7H,2-3H2,1H3. The Bertz CT molecular complexity index is 444. The summed E-state index contributed by atoms with van der Waals surface area (Å²) in [6, 6.07) is 0. The molecule has 2 rings (SSSR count). The van der Waals surface area contributed by atoms with Gasteiger partial charge in [0.2, 0.25) is 0 Å². The molecule has 0 saturated heterocycles. The fourth-order valence-corrected chi connectivity index (χ4v) is 2.67. The van der Waals surface area contributed by atoms with Crippen molar-refractivity contribution in [2.45, 2.75) is 23.6 Å². The first-order valence-electron chi connectivity index (χ1n) is 4.68.